The molecule has 0 unspecified atom stereocenters. The van der Waals surface area contributed by atoms with Gasteiger partial charge < -0.3 is 19.7 Å². The van der Waals surface area contributed by atoms with E-state index in [1.54, 1.807) is 31.4 Å². The lowest BCUT2D eigenvalue weighted by Gasteiger charge is -2.15. The first-order valence-electron chi connectivity index (χ1n) is 8.09. The Labute approximate surface area is 153 Å². The predicted octanol–water partition coefficient (Wildman–Crippen LogP) is 3.72. The lowest BCUT2D eigenvalue weighted by molar-refractivity contribution is 0.279. The zero-order valence-corrected chi connectivity index (χ0v) is 15.6. The van der Waals surface area contributed by atoms with E-state index in [4.69, 9.17) is 21.1 Å². The fourth-order valence-electron chi connectivity index (χ4n) is 2.28. The monoisotopic (exact) mass is 366 g/mol. The SMILES string of the molecule is COc1cc(CNCCN(C)C)c(Cl)cc1OCc1ccccc1F. The average Bonchev–Trinajstić information content (AvgIpc) is 2.59. The number of likely N-dealkylation sites (N-methyl/N-ethyl adjacent to an activating group) is 1. The number of methoxy groups -OCH3 is 1. The van der Waals surface area contributed by atoms with Gasteiger partial charge >= 0.3 is 0 Å². The first-order chi connectivity index (χ1) is 12.0. The van der Waals surface area contributed by atoms with Crippen molar-refractivity contribution in [2.75, 3.05) is 34.3 Å². The zero-order chi connectivity index (χ0) is 18.2. The van der Waals surface area contributed by atoms with Gasteiger partial charge in [-0.2, -0.15) is 0 Å². The summed E-state index contributed by atoms with van der Waals surface area (Å²) in [4.78, 5) is 2.11. The van der Waals surface area contributed by atoms with Gasteiger partial charge in [-0.05, 0) is 31.8 Å². The van der Waals surface area contributed by atoms with Crippen LogP contribution in [0.25, 0.3) is 0 Å². The molecule has 2 rings (SSSR count). The number of nitrogens with one attached hydrogen (secondary N) is 1. The van der Waals surface area contributed by atoms with E-state index in [9.17, 15) is 4.39 Å². The Bertz CT molecular complexity index is 695. The van der Waals surface area contributed by atoms with Crippen LogP contribution in [-0.2, 0) is 13.2 Å². The van der Waals surface area contributed by atoms with Crippen molar-refractivity contribution in [3.05, 3.63) is 58.4 Å². The van der Waals surface area contributed by atoms with Crippen LogP contribution in [0, 0.1) is 5.82 Å². The van der Waals surface area contributed by atoms with Crippen molar-refractivity contribution < 1.29 is 13.9 Å². The normalized spacial score (nSPS) is 11.0. The fraction of sp³-hybridized carbons (Fsp3) is 0.368. The van der Waals surface area contributed by atoms with Gasteiger partial charge in [0.1, 0.15) is 12.4 Å². The minimum absolute atomic E-state index is 0.111. The second kappa shape index (κ2) is 9.61. The number of nitrogens with zero attached hydrogens (tertiary/aromatic N) is 1. The summed E-state index contributed by atoms with van der Waals surface area (Å²) in [6.45, 7) is 2.55. The van der Waals surface area contributed by atoms with E-state index >= 15 is 0 Å². The van der Waals surface area contributed by atoms with Crippen LogP contribution in [0.1, 0.15) is 11.1 Å². The summed E-state index contributed by atoms with van der Waals surface area (Å²) in [6, 6.07) is 10.1. The molecule has 25 heavy (non-hydrogen) atoms. The standard InChI is InChI=1S/C19H24ClFN2O2/c1-23(2)9-8-22-12-15-10-18(24-3)19(11-16(15)20)25-13-14-6-4-5-7-17(14)21/h4-7,10-11,22H,8-9,12-13H2,1-3H3. The second-order valence-corrected chi connectivity index (χ2v) is 6.36. The van der Waals surface area contributed by atoms with Gasteiger partial charge in [-0.15, -0.1) is 0 Å². The topological polar surface area (TPSA) is 33.7 Å². The smallest absolute Gasteiger partial charge is 0.163 e. The third-order valence-corrected chi connectivity index (χ3v) is 4.08. The maximum atomic E-state index is 13.7. The highest BCUT2D eigenvalue weighted by Crippen LogP contribution is 2.34. The largest absolute Gasteiger partial charge is 0.493 e. The average molecular weight is 367 g/mol. The van der Waals surface area contributed by atoms with Gasteiger partial charge in [0.25, 0.3) is 0 Å². The number of rotatable bonds is 9. The van der Waals surface area contributed by atoms with Gasteiger partial charge in [-0.3, -0.25) is 0 Å². The Morgan fingerprint density at radius 1 is 1.12 bits per heavy atom. The number of hydrogen-bond acceptors (Lipinski definition) is 4. The molecule has 136 valence electrons. The Morgan fingerprint density at radius 3 is 2.56 bits per heavy atom. The van der Waals surface area contributed by atoms with Gasteiger partial charge in [0, 0.05) is 36.3 Å². The summed E-state index contributed by atoms with van der Waals surface area (Å²) in [6.07, 6.45) is 0. The first kappa shape index (κ1) is 19.5. The van der Waals surface area contributed by atoms with Crippen LogP contribution < -0.4 is 14.8 Å². The van der Waals surface area contributed by atoms with Gasteiger partial charge in [0.05, 0.1) is 7.11 Å². The van der Waals surface area contributed by atoms with Crippen molar-refractivity contribution in [2.45, 2.75) is 13.2 Å². The Balaban J connectivity index is 2.04. The predicted molar refractivity (Wildman–Crippen MR) is 99.0 cm³/mol. The van der Waals surface area contributed by atoms with Gasteiger partial charge in [-0.1, -0.05) is 29.8 Å². The van der Waals surface area contributed by atoms with Crippen LogP contribution in [-0.4, -0.2) is 39.2 Å². The molecule has 0 fully saturated rings. The Hall–Kier alpha value is -1.82. The molecule has 2 aromatic carbocycles. The lowest BCUT2D eigenvalue weighted by atomic mass is 10.2. The summed E-state index contributed by atoms with van der Waals surface area (Å²) < 4.78 is 24.8. The van der Waals surface area contributed by atoms with Crippen LogP contribution in [0.4, 0.5) is 4.39 Å². The number of benzene rings is 2. The van der Waals surface area contributed by atoms with Crippen molar-refractivity contribution >= 4 is 11.6 Å². The summed E-state index contributed by atoms with van der Waals surface area (Å²) in [5.41, 5.74) is 1.41. The second-order valence-electron chi connectivity index (χ2n) is 5.95. The third-order valence-electron chi connectivity index (χ3n) is 3.72. The number of hydrogen-bond donors (Lipinski definition) is 1. The molecule has 0 atom stereocenters. The number of halogens is 2. The molecule has 0 radical (unpaired) electrons. The molecular weight excluding hydrogens is 343 g/mol. The molecule has 0 spiro atoms. The molecule has 1 N–H and O–H groups in total. The molecular formula is C19H24ClFN2O2. The minimum Gasteiger partial charge on any atom is -0.493 e. The van der Waals surface area contributed by atoms with Crippen LogP contribution in [0.5, 0.6) is 11.5 Å². The van der Waals surface area contributed by atoms with Crippen LogP contribution in [0.2, 0.25) is 5.02 Å². The van der Waals surface area contributed by atoms with Gasteiger partial charge in [0.15, 0.2) is 11.5 Å². The zero-order valence-electron chi connectivity index (χ0n) is 14.8. The van der Waals surface area contributed by atoms with E-state index in [0.29, 0.717) is 28.6 Å². The van der Waals surface area contributed by atoms with Gasteiger partial charge in [-0.25, -0.2) is 4.39 Å². The molecule has 0 aromatic heterocycles. The van der Waals surface area contributed by atoms with Crippen molar-refractivity contribution in [3.8, 4) is 11.5 Å². The quantitative estimate of drug-likeness (QED) is 0.686. The highest BCUT2D eigenvalue weighted by atomic mass is 35.5. The van der Waals surface area contributed by atoms with Crippen LogP contribution >= 0.6 is 11.6 Å². The Kier molecular flexibility index (Phi) is 7.50. The maximum absolute atomic E-state index is 13.7. The van der Waals surface area contributed by atoms with E-state index in [-0.39, 0.29) is 12.4 Å². The van der Waals surface area contributed by atoms with Crippen LogP contribution in [0.3, 0.4) is 0 Å². The Morgan fingerprint density at radius 2 is 1.88 bits per heavy atom. The molecule has 0 saturated carbocycles. The highest BCUT2D eigenvalue weighted by Gasteiger charge is 2.12. The fourth-order valence-corrected chi connectivity index (χ4v) is 2.50. The van der Waals surface area contributed by atoms with E-state index in [1.165, 1.54) is 6.07 Å². The molecule has 2 aromatic rings. The summed E-state index contributed by atoms with van der Waals surface area (Å²) in [7, 11) is 5.63. The highest BCUT2D eigenvalue weighted by molar-refractivity contribution is 6.31. The molecule has 0 aliphatic rings. The van der Waals surface area contributed by atoms with Crippen molar-refractivity contribution in [1.82, 2.24) is 10.2 Å². The molecule has 0 bridgehead atoms. The molecule has 0 saturated heterocycles. The van der Waals surface area contributed by atoms with E-state index in [2.05, 4.69) is 10.2 Å². The summed E-state index contributed by atoms with van der Waals surface area (Å²) in [5, 5.41) is 3.92. The first-order valence-corrected chi connectivity index (χ1v) is 8.47. The van der Waals surface area contributed by atoms with Crippen LogP contribution in [0.15, 0.2) is 36.4 Å². The van der Waals surface area contributed by atoms with Crippen molar-refractivity contribution in [1.29, 1.82) is 0 Å². The minimum atomic E-state index is -0.297. The molecule has 4 nitrogen and oxygen atoms in total. The van der Waals surface area contributed by atoms with Gasteiger partial charge in [0.2, 0.25) is 0 Å². The van der Waals surface area contributed by atoms with Crippen molar-refractivity contribution in [2.24, 2.45) is 0 Å². The van der Waals surface area contributed by atoms with E-state index in [0.717, 1.165) is 18.7 Å². The van der Waals surface area contributed by atoms with E-state index < -0.39 is 0 Å². The number of ether oxygens (including phenoxy) is 2. The van der Waals surface area contributed by atoms with Crippen molar-refractivity contribution in [3.63, 3.8) is 0 Å². The van der Waals surface area contributed by atoms with E-state index in [1.807, 2.05) is 20.2 Å². The molecule has 0 aliphatic heterocycles. The molecule has 0 amide bonds. The third kappa shape index (κ3) is 5.88. The summed E-state index contributed by atoms with van der Waals surface area (Å²) in [5.74, 6) is 0.771. The molecule has 6 heteroatoms. The maximum Gasteiger partial charge on any atom is 0.163 e. The molecule has 0 aliphatic carbocycles. The lowest BCUT2D eigenvalue weighted by Crippen LogP contribution is -2.26. The summed E-state index contributed by atoms with van der Waals surface area (Å²) >= 11 is 6.35. The molecule has 0 heterocycles.